The van der Waals surface area contributed by atoms with Crippen molar-refractivity contribution in [1.82, 2.24) is 15.5 Å². The maximum Gasteiger partial charge on any atom is 0.310 e. The summed E-state index contributed by atoms with van der Waals surface area (Å²) in [6, 6.07) is 4.41. The monoisotopic (exact) mass is 520 g/mol. The topological polar surface area (TPSA) is 83.0 Å². The summed E-state index contributed by atoms with van der Waals surface area (Å²) in [6.07, 6.45) is 0. The summed E-state index contributed by atoms with van der Waals surface area (Å²) < 4.78 is 18.5. The minimum atomic E-state index is -0.400. The Morgan fingerprint density at radius 2 is 2.03 bits per heavy atom. The average Bonchev–Trinajstić information content (AvgIpc) is 3.07. The van der Waals surface area contributed by atoms with Crippen LogP contribution in [0.15, 0.2) is 23.2 Å². The van der Waals surface area contributed by atoms with E-state index in [1.165, 1.54) is 13.2 Å². The largest absolute Gasteiger partial charge is 0.469 e. The molecule has 2 rings (SSSR count). The predicted octanol–water partition coefficient (Wildman–Crippen LogP) is 2.19. The molecule has 2 N–H and O–H groups in total. The third-order valence-corrected chi connectivity index (χ3v) is 4.84. The number of benzene rings is 1. The summed E-state index contributed by atoms with van der Waals surface area (Å²) in [6.45, 7) is 8.30. The molecular formula is C20H30FIN4O3. The quantitative estimate of drug-likeness (QED) is 0.198. The van der Waals surface area contributed by atoms with E-state index in [4.69, 9.17) is 4.74 Å². The van der Waals surface area contributed by atoms with Gasteiger partial charge in [-0.3, -0.25) is 14.6 Å². The number of guanidine groups is 1. The number of aliphatic imine (C=N–C) groups is 1. The molecule has 0 spiro atoms. The SMILES string of the molecule is CCNC(=NCCNC(=O)c1ccc(C)c(F)c1)N1CC(C)C(C(=O)OC)C1.I. The second kappa shape index (κ2) is 11.9. The van der Waals surface area contributed by atoms with Crippen molar-refractivity contribution in [2.45, 2.75) is 20.8 Å². The molecule has 162 valence electrons. The van der Waals surface area contributed by atoms with Crippen molar-refractivity contribution in [2.24, 2.45) is 16.8 Å². The van der Waals surface area contributed by atoms with Gasteiger partial charge in [-0.15, -0.1) is 24.0 Å². The number of carbonyl (C=O) groups excluding carboxylic acids is 2. The van der Waals surface area contributed by atoms with Crippen LogP contribution in [0.2, 0.25) is 0 Å². The van der Waals surface area contributed by atoms with Gasteiger partial charge in [-0.2, -0.15) is 0 Å². The molecule has 1 heterocycles. The number of hydrogen-bond acceptors (Lipinski definition) is 4. The first-order valence-corrected chi connectivity index (χ1v) is 9.52. The van der Waals surface area contributed by atoms with E-state index in [0.717, 1.165) is 0 Å². The fourth-order valence-corrected chi connectivity index (χ4v) is 3.19. The molecule has 0 radical (unpaired) electrons. The first-order chi connectivity index (χ1) is 13.4. The number of nitrogens with zero attached hydrogens (tertiary/aromatic N) is 2. The van der Waals surface area contributed by atoms with Crippen molar-refractivity contribution < 1.29 is 18.7 Å². The first-order valence-electron chi connectivity index (χ1n) is 9.52. The zero-order chi connectivity index (χ0) is 20.7. The van der Waals surface area contributed by atoms with Crippen molar-refractivity contribution in [1.29, 1.82) is 0 Å². The Kier molecular flexibility index (Phi) is 10.3. The molecule has 1 aliphatic rings. The van der Waals surface area contributed by atoms with E-state index in [2.05, 4.69) is 15.6 Å². The molecule has 7 nitrogen and oxygen atoms in total. The van der Waals surface area contributed by atoms with Crippen LogP contribution in [0.4, 0.5) is 4.39 Å². The van der Waals surface area contributed by atoms with Crippen LogP contribution in [-0.2, 0) is 9.53 Å². The molecule has 1 amide bonds. The Morgan fingerprint density at radius 3 is 2.66 bits per heavy atom. The fourth-order valence-electron chi connectivity index (χ4n) is 3.19. The Hall–Kier alpha value is -1.91. The van der Waals surface area contributed by atoms with Crippen LogP contribution >= 0.6 is 24.0 Å². The van der Waals surface area contributed by atoms with Gasteiger partial charge in [0.2, 0.25) is 0 Å². The molecule has 0 saturated carbocycles. The maximum absolute atomic E-state index is 13.6. The highest BCUT2D eigenvalue weighted by atomic mass is 127. The molecule has 0 aliphatic carbocycles. The van der Waals surface area contributed by atoms with Gasteiger partial charge in [0, 0.05) is 31.7 Å². The van der Waals surface area contributed by atoms with Crippen LogP contribution in [0.3, 0.4) is 0 Å². The van der Waals surface area contributed by atoms with E-state index in [1.54, 1.807) is 19.1 Å². The number of amides is 1. The highest BCUT2D eigenvalue weighted by Crippen LogP contribution is 2.24. The highest BCUT2D eigenvalue weighted by molar-refractivity contribution is 14.0. The van der Waals surface area contributed by atoms with Crippen LogP contribution in [-0.4, -0.2) is 62.6 Å². The minimum absolute atomic E-state index is 0. The smallest absolute Gasteiger partial charge is 0.310 e. The molecule has 1 aromatic carbocycles. The molecule has 1 aromatic rings. The van der Waals surface area contributed by atoms with Gasteiger partial charge in [-0.1, -0.05) is 13.0 Å². The zero-order valence-corrected chi connectivity index (χ0v) is 19.7. The van der Waals surface area contributed by atoms with E-state index in [1.807, 2.05) is 18.7 Å². The van der Waals surface area contributed by atoms with Crippen LogP contribution in [0.25, 0.3) is 0 Å². The summed E-state index contributed by atoms with van der Waals surface area (Å²) in [5.74, 6) is -0.236. The third kappa shape index (κ3) is 6.83. The Balaban J connectivity index is 0.00000420. The molecule has 0 bridgehead atoms. The second-order valence-electron chi connectivity index (χ2n) is 6.97. The Morgan fingerprint density at radius 1 is 1.31 bits per heavy atom. The number of aryl methyl sites for hydroxylation is 1. The van der Waals surface area contributed by atoms with E-state index < -0.39 is 5.82 Å². The molecule has 2 atom stereocenters. The molecule has 1 saturated heterocycles. The number of esters is 1. The molecule has 1 aliphatic heterocycles. The molecule has 29 heavy (non-hydrogen) atoms. The number of rotatable bonds is 6. The summed E-state index contributed by atoms with van der Waals surface area (Å²) in [7, 11) is 1.40. The van der Waals surface area contributed by atoms with Crippen LogP contribution in [0.5, 0.6) is 0 Å². The average molecular weight is 520 g/mol. The standard InChI is InChI=1S/C20H29FN4O3.HI/c1-5-22-20(25-11-14(3)16(12-25)19(27)28-4)24-9-8-23-18(26)15-7-6-13(2)17(21)10-15;/h6-7,10,14,16H,5,8-9,11-12H2,1-4H3,(H,22,24)(H,23,26);1H. The predicted molar refractivity (Wildman–Crippen MR) is 121 cm³/mol. The normalized spacial score (nSPS) is 18.8. The lowest BCUT2D eigenvalue weighted by Crippen LogP contribution is -2.41. The lowest BCUT2D eigenvalue weighted by Gasteiger charge is -2.21. The Bertz CT molecular complexity index is 744. The van der Waals surface area contributed by atoms with Crippen LogP contribution in [0, 0.1) is 24.6 Å². The Labute approximate surface area is 188 Å². The third-order valence-electron chi connectivity index (χ3n) is 4.84. The van der Waals surface area contributed by atoms with E-state index in [0.29, 0.717) is 44.2 Å². The number of likely N-dealkylation sites (tertiary alicyclic amines) is 1. The number of halogens is 2. The fraction of sp³-hybridized carbons (Fsp3) is 0.550. The van der Waals surface area contributed by atoms with Gasteiger partial charge < -0.3 is 20.3 Å². The summed E-state index contributed by atoms with van der Waals surface area (Å²) in [5, 5.41) is 5.96. The lowest BCUT2D eigenvalue weighted by molar-refractivity contribution is -0.145. The van der Waals surface area contributed by atoms with Gasteiger partial charge in [0.05, 0.1) is 19.6 Å². The van der Waals surface area contributed by atoms with Gasteiger partial charge in [0.15, 0.2) is 5.96 Å². The van der Waals surface area contributed by atoms with Crippen LogP contribution < -0.4 is 10.6 Å². The maximum atomic E-state index is 13.6. The van der Waals surface area contributed by atoms with Gasteiger partial charge >= 0.3 is 5.97 Å². The van der Waals surface area contributed by atoms with Crippen LogP contribution in [0.1, 0.15) is 29.8 Å². The van der Waals surface area contributed by atoms with Gasteiger partial charge in [-0.05, 0) is 37.5 Å². The summed E-state index contributed by atoms with van der Waals surface area (Å²) in [5.41, 5.74) is 0.787. The van der Waals surface area contributed by atoms with Crippen molar-refractivity contribution >= 4 is 41.8 Å². The van der Waals surface area contributed by atoms with E-state index in [9.17, 15) is 14.0 Å². The van der Waals surface area contributed by atoms with Gasteiger partial charge in [-0.25, -0.2) is 4.39 Å². The molecule has 9 heteroatoms. The van der Waals surface area contributed by atoms with Gasteiger partial charge in [0.1, 0.15) is 5.82 Å². The number of nitrogens with one attached hydrogen (secondary N) is 2. The van der Waals surface area contributed by atoms with Crippen molar-refractivity contribution in [3.8, 4) is 0 Å². The molecule has 0 aromatic heterocycles. The van der Waals surface area contributed by atoms with Crippen molar-refractivity contribution in [2.75, 3.05) is 39.8 Å². The number of ether oxygens (including phenoxy) is 1. The van der Waals surface area contributed by atoms with E-state index in [-0.39, 0.29) is 53.3 Å². The summed E-state index contributed by atoms with van der Waals surface area (Å²) >= 11 is 0. The van der Waals surface area contributed by atoms with Crippen molar-refractivity contribution in [3.63, 3.8) is 0 Å². The number of carbonyl (C=O) groups is 2. The second-order valence-corrected chi connectivity index (χ2v) is 6.97. The summed E-state index contributed by atoms with van der Waals surface area (Å²) in [4.78, 5) is 30.6. The number of hydrogen-bond donors (Lipinski definition) is 2. The number of methoxy groups -OCH3 is 1. The minimum Gasteiger partial charge on any atom is -0.469 e. The molecule has 1 fully saturated rings. The van der Waals surface area contributed by atoms with E-state index >= 15 is 0 Å². The van der Waals surface area contributed by atoms with Crippen molar-refractivity contribution in [3.05, 3.63) is 35.1 Å². The lowest BCUT2D eigenvalue weighted by atomic mass is 9.99. The van der Waals surface area contributed by atoms with Gasteiger partial charge in [0.25, 0.3) is 5.91 Å². The zero-order valence-electron chi connectivity index (χ0n) is 17.3. The highest BCUT2D eigenvalue weighted by Gasteiger charge is 2.36. The molecular weight excluding hydrogens is 490 g/mol. The first kappa shape index (κ1) is 25.1. The molecule has 2 unspecified atom stereocenters.